The second-order valence-electron chi connectivity index (χ2n) is 22.8. The predicted octanol–water partition coefficient (Wildman–Crippen LogP) is 10.9. The van der Waals surface area contributed by atoms with Crippen molar-refractivity contribution in [3.63, 3.8) is 0 Å². The van der Waals surface area contributed by atoms with Gasteiger partial charge in [0.1, 0.15) is 30.5 Å². The zero-order valence-corrected chi connectivity index (χ0v) is 46.9. The first-order chi connectivity index (χ1) is 36.3. The van der Waals surface area contributed by atoms with Gasteiger partial charge in [-0.25, -0.2) is 23.1 Å². The summed E-state index contributed by atoms with van der Waals surface area (Å²) < 4.78 is 24.1. The van der Waals surface area contributed by atoms with Gasteiger partial charge >= 0.3 is 24.8 Å². The summed E-state index contributed by atoms with van der Waals surface area (Å²) in [5, 5.41) is 9.32. The fourth-order valence-electron chi connectivity index (χ4n) is 12.0. The van der Waals surface area contributed by atoms with Crippen LogP contribution in [0.15, 0.2) is 97.3 Å². The smallest absolute Gasteiger partial charge is 0.870 e. The van der Waals surface area contributed by atoms with Crippen LogP contribution < -0.4 is 37.8 Å². The molecule has 10 rings (SSSR count). The third-order valence-corrected chi connectivity index (χ3v) is 15.9. The van der Waals surface area contributed by atoms with E-state index in [0.29, 0.717) is 55.8 Å². The average Bonchev–Trinajstić information content (AvgIpc) is 4.21. The number of rotatable bonds is 20. The van der Waals surface area contributed by atoms with Gasteiger partial charge in [0.15, 0.2) is 0 Å². The number of benzene rings is 4. The second-order valence-corrected chi connectivity index (χ2v) is 22.8. The standard InChI is InChI=1S/C33H36N2O3.C32H34N2O4.Li.H2O/c1-20-13-26(37-12-8-11-33(4,5)34-6)14-21(2)30(20)24-10-7-9-23(15-24)19-38-29-17-25-16-27-31(22(3)36)32(27)28(25)18-35-29;1-19-12-24(37-11-7-10-32(3,4)33-5)13-20(2)28(19)22-9-6-8-21(14-22)18-38-27-16-23-15-25-29(26(23)17-34-27)30(25)31(35)36;;/h7,9-10,13-15,17-18,27,31-32H,8,11-12,16,19H2,1-5H3;6,8-9,12-14,16-17,25,29-30H,7,10-11,15,18H2,1-4H3,(H,35,36);;1H2/q;;+1;/p-1/t27-,31-,32?;25-,29?,30+;;/m01../s1. The Balaban J connectivity index is 0.000000220. The Morgan fingerprint density at radius 3 is 1.40 bits per heavy atom. The largest absolute Gasteiger partial charge is 1.00 e. The molecule has 2 aromatic heterocycles. The van der Waals surface area contributed by atoms with Crippen LogP contribution in [0.3, 0.4) is 0 Å². The third kappa shape index (κ3) is 13.3. The van der Waals surface area contributed by atoms with Crippen molar-refractivity contribution in [2.24, 2.45) is 23.7 Å². The molecule has 0 amide bonds. The maximum absolute atomic E-state index is 11.8. The van der Waals surface area contributed by atoms with E-state index in [9.17, 15) is 14.7 Å². The first kappa shape index (κ1) is 58.7. The number of nitrogens with zero attached hydrogens (tertiary/aromatic N) is 4. The first-order valence-electron chi connectivity index (χ1n) is 26.7. The van der Waals surface area contributed by atoms with Gasteiger partial charge in [-0.1, -0.05) is 36.4 Å². The number of carboxylic acids is 1. The van der Waals surface area contributed by atoms with Crippen molar-refractivity contribution < 1.29 is 58.0 Å². The molecule has 4 aliphatic carbocycles. The maximum atomic E-state index is 11.8. The zero-order valence-electron chi connectivity index (χ0n) is 46.9. The number of carbonyl (C=O) groups excluding carboxylic acids is 1. The average molecular weight is 1040 g/mol. The Morgan fingerprint density at radius 1 is 0.615 bits per heavy atom. The van der Waals surface area contributed by atoms with Crippen LogP contribution in [0.25, 0.3) is 31.9 Å². The summed E-state index contributed by atoms with van der Waals surface area (Å²) in [6, 6.07) is 29.2. The van der Waals surface area contributed by atoms with Gasteiger partial charge in [0.2, 0.25) is 22.8 Å². The molecule has 2 heterocycles. The molecule has 4 aliphatic rings. The van der Waals surface area contributed by atoms with Gasteiger partial charge in [0.25, 0.3) is 0 Å². The van der Waals surface area contributed by atoms with Gasteiger partial charge in [0, 0.05) is 76.9 Å². The fraction of sp³-hybridized carbons (Fsp3) is 0.415. The Morgan fingerprint density at radius 2 is 1.01 bits per heavy atom. The normalized spacial score (nSPS) is 18.8. The molecule has 78 heavy (non-hydrogen) atoms. The number of carbonyl (C=O) groups is 2. The van der Waals surface area contributed by atoms with Crippen LogP contribution in [0.2, 0.25) is 0 Å². The van der Waals surface area contributed by atoms with E-state index in [1.165, 1.54) is 38.9 Å². The number of Topliss-reactive ketones (excluding diaryl/α,β-unsaturated/α-hetero) is 1. The van der Waals surface area contributed by atoms with Crippen molar-refractivity contribution in [2.75, 3.05) is 13.2 Å². The van der Waals surface area contributed by atoms with Crippen molar-refractivity contribution >= 4 is 11.8 Å². The molecule has 400 valence electrons. The second kappa shape index (κ2) is 24.4. The summed E-state index contributed by atoms with van der Waals surface area (Å²) in [4.78, 5) is 39.5. The van der Waals surface area contributed by atoms with Crippen LogP contribution in [-0.2, 0) is 35.6 Å². The molecule has 0 aliphatic heterocycles. The summed E-state index contributed by atoms with van der Waals surface area (Å²) in [6.45, 7) is 34.6. The van der Waals surface area contributed by atoms with Crippen LogP contribution in [-0.4, -0.2) is 56.6 Å². The van der Waals surface area contributed by atoms with Crippen molar-refractivity contribution in [1.82, 2.24) is 9.97 Å². The minimum absolute atomic E-state index is 0. The molecule has 2 unspecified atom stereocenters. The number of ketones is 1. The summed E-state index contributed by atoms with van der Waals surface area (Å²) in [5.41, 5.74) is 15.6. The SMILES string of the molecule is [C-]#[N+]C(C)(C)CCCOc1cc(C)c(-c2cccc(COc3cc4c(cn3)C3[C@@H](C4)[C@@H]3C(=O)O)c2)c(C)c1.[C-]#[N+]C(C)(C)CCCOc1cc(C)c(-c2cccc(COc3cc4c(cn3)C3[C@@H](C4)[C@@H]3C(C)=O)c2)c(C)c1.[Li+].[OH-]. The van der Waals surface area contributed by atoms with Crippen LogP contribution in [0, 0.1) is 64.5 Å². The molecule has 2 N–H and O–H groups in total. The molecular formula is C65H71LiN4O8. The molecule has 13 heteroatoms. The summed E-state index contributed by atoms with van der Waals surface area (Å²) in [5.74, 6) is 3.71. The molecule has 2 fully saturated rings. The van der Waals surface area contributed by atoms with Gasteiger partial charge in [-0.3, -0.25) is 9.59 Å². The number of carboxylic acid groups (broad SMARTS) is 1. The number of hydrogen-bond donors (Lipinski definition) is 1. The number of hydrogen-bond acceptors (Lipinski definition) is 9. The van der Waals surface area contributed by atoms with E-state index in [2.05, 4.69) is 120 Å². The molecule has 6 atom stereocenters. The number of ether oxygens (including phenoxy) is 4. The van der Waals surface area contributed by atoms with Gasteiger partial charge in [0.05, 0.1) is 19.1 Å². The first-order valence-corrected chi connectivity index (χ1v) is 26.7. The van der Waals surface area contributed by atoms with Crippen molar-refractivity contribution in [1.29, 1.82) is 0 Å². The van der Waals surface area contributed by atoms with E-state index in [1.807, 2.05) is 46.0 Å². The summed E-state index contributed by atoms with van der Waals surface area (Å²) >= 11 is 0. The van der Waals surface area contributed by atoms with Crippen molar-refractivity contribution in [2.45, 2.75) is 137 Å². The summed E-state index contributed by atoms with van der Waals surface area (Å²) in [6.07, 6.45) is 8.81. The number of aromatic nitrogens is 2. The number of aliphatic carboxylic acids is 1. The van der Waals surface area contributed by atoms with Gasteiger partial charge in [-0.15, -0.1) is 0 Å². The fourth-order valence-corrected chi connectivity index (χ4v) is 12.0. The number of pyridine rings is 2. The van der Waals surface area contributed by atoms with E-state index in [1.54, 1.807) is 13.1 Å². The molecular weight excluding hydrogens is 972 g/mol. The van der Waals surface area contributed by atoms with Gasteiger partial charge in [-0.05, 0) is 192 Å². The molecule has 12 nitrogen and oxygen atoms in total. The van der Waals surface area contributed by atoms with Crippen LogP contribution >= 0.6 is 0 Å². The molecule has 0 saturated heterocycles. The summed E-state index contributed by atoms with van der Waals surface area (Å²) in [7, 11) is 0. The van der Waals surface area contributed by atoms with E-state index in [0.717, 1.165) is 89.0 Å². The van der Waals surface area contributed by atoms with Crippen molar-refractivity contribution in [3.8, 4) is 45.5 Å². The quantitative estimate of drug-likeness (QED) is 0.0444. The minimum atomic E-state index is -0.699. The van der Waals surface area contributed by atoms with Crippen molar-refractivity contribution in [3.05, 3.63) is 176 Å². The molecule has 4 aromatic carbocycles. The van der Waals surface area contributed by atoms with E-state index in [4.69, 9.17) is 32.1 Å². The van der Waals surface area contributed by atoms with Crippen LogP contribution in [0.1, 0.15) is 128 Å². The van der Waals surface area contributed by atoms with Crippen LogP contribution in [0.5, 0.6) is 23.3 Å². The van der Waals surface area contributed by atoms with Gasteiger partial charge < -0.3 is 39.2 Å². The Hall–Kier alpha value is -6.94. The molecule has 6 aromatic rings. The molecule has 0 spiro atoms. The Kier molecular flexibility index (Phi) is 18.4. The van der Waals surface area contributed by atoms with Gasteiger partial charge in [-0.2, -0.15) is 0 Å². The van der Waals surface area contributed by atoms with E-state index >= 15 is 0 Å². The van der Waals surface area contributed by atoms with Crippen LogP contribution in [0.4, 0.5) is 0 Å². The molecule has 0 radical (unpaired) electrons. The van der Waals surface area contributed by atoms with E-state index in [-0.39, 0.29) is 59.1 Å². The molecule has 0 bridgehead atoms. The zero-order chi connectivity index (χ0) is 54.1. The third-order valence-electron chi connectivity index (χ3n) is 15.9. The Labute approximate surface area is 472 Å². The maximum Gasteiger partial charge on any atom is 1.00 e. The monoisotopic (exact) mass is 1040 g/mol. The molecule has 2 saturated carbocycles. The topological polar surface area (TPSA) is 156 Å². The Bertz CT molecular complexity index is 3020. The predicted molar refractivity (Wildman–Crippen MR) is 298 cm³/mol. The number of aryl methyl sites for hydroxylation is 4. The number of fused-ring (bicyclic) bond motifs is 6. The van der Waals surface area contributed by atoms with E-state index < -0.39 is 5.97 Å². The minimum Gasteiger partial charge on any atom is -0.870 e.